The minimum Gasteiger partial charge on any atom is -0.452 e. The van der Waals surface area contributed by atoms with Gasteiger partial charge < -0.3 is 14.4 Å². The van der Waals surface area contributed by atoms with Crippen molar-refractivity contribution < 1.29 is 27.5 Å². The molecule has 1 fully saturated rings. The highest BCUT2D eigenvalue weighted by atomic mass is 35.5. The first-order chi connectivity index (χ1) is 14.7. The van der Waals surface area contributed by atoms with E-state index in [2.05, 4.69) is 0 Å². The quantitative estimate of drug-likeness (QED) is 0.582. The van der Waals surface area contributed by atoms with E-state index in [9.17, 15) is 18.0 Å². The molecule has 0 radical (unpaired) electrons. The van der Waals surface area contributed by atoms with Gasteiger partial charge in [0.2, 0.25) is 10.0 Å². The van der Waals surface area contributed by atoms with Crippen molar-refractivity contribution >= 4 is 50.8 Å². The summed E-state index contributed by atoms with van der Waals surface area (Å²) in [6, 6.07) is 11.1. The lowest BCUT2D eigenvalue weighted by Crippen LogP contribution is -2.40. The molecule has 1 saturated heterocycles. The van der Waals surface area contributed by atoms with Gasteiger partial charge in [-0.25, -0.2) is 13.2 Å². The lowest BCUT2D eigenvalue weighted by Gasteiger charge is -2.26. The van der Waals surface area contributed by atoms with Crippen LogP contribution in [0.4, 0.5) is 5.69 Å². The third kappa shape index (κ3) is 5.36. The molecule has 1 aliphatic rings. The summed E-state index contributed by atoms with van der Waals surface area (Å²) in [5.74, 6) is -1.40. The summed E-state index contributed by atoms with van der Waals surface area (Å²) in [7, 11) is -2.42. The van der Waals surface area contributed by atoms with Crippen molar-refractivity contribution in [3.05, 3.63) is 58.1 Å². The summed E-state index contributed by atoms with van der Waals surface area (Å²) in [5.41, 5.74) is 0.431. The average molecular weight is 487 g/mol. The minimum atomic E-state index is -3.97. The number of carbonyl (C=O) groups is 2. The number of sulfonamides is 1. The fourth-order valence-electron chi connectivity index (χ4n) is 2.91. The van der Waals surface area contributed by atoms with Gasteiger partial charge in [-0.05, 0) is 24.3 Å². The lowest BCUT2D eigenvalue weighted by atomic mass is 10.2. The van der Waals surface area contributed by atoms with Gasteiger partial charge in [0.1, 0.15) is 4.90 Å². The highest BCUT2D eigenvalue weighted by Crippen LogP contribution is 2.31. The standard InChI is InChI=1S/C20H20Cl2N2O6S/c1-23(14-5-3-2-4-6-14)19(25)13-30-20(26)15-11-18(17(22)12-16(15)21)31(27,28)24-7-9-29-10-8-24/h2-6,11-12H,7-10,13H2,1H3. The van der Waals surface area contributed by atoms with E-state index in [1.165, 1.54) is 15.3 Å². The first kappa shape index (κ1) is 23.5. The van der Waals surface area contributed by atoms with Crippen LogP contribution < -0.4 is 4.90 Å². The van der Waals surface area contributed by atoms with Crippen LogP contribution in [-0.2, 0) is 24.3 Å². The zero-order valence-electron chi connectivity index (χ0n) is 16.6. The van der Waals surface area contributed by atoms with Crippen LogP contribution in [-0.4, -0.2) is 64.6 Å². The normalized spacial score (nSPS) is 14.8. The van der Waals surface area contributed by atoms with E-state index >= 15 is 0 Å². The van der Waals surface area contributed by atoms with Crippen molar-refractivity contribution in [2.45, 2.75) is 4.90 Å². The number of para-hydroxylation sites is 1. The zero-order chi connectivity index (χ0) is 22.6. The molecule has 166 valence electrons. The van der Waals surface area contributed by atoms with Crippen LogP contribution in [0.2, 0.25) is 10.0 Å². The summed E-state index contributed by atoms with van der Waals surface area (Å²) in [4.78, 5) is 26.0. The van der Waals surface area contributed by atoms with Crippen LogP contribution in [0.1, 0.15) is 10.4 Å². The molecular formula is C20H20Cl2N2O6S. The number of amides is 1. The molecule has 2 aromatic carbocycles. The predicted octanol–water partition coefficient (Wildman–Crippen LogP) is 2.83. The van der Waals surface area contributed by atoms with Gasteiger partial charge in [0.15, 0.2) is 6.61 Å². The molecule has 0 saturated carbocycles. The molecule has 1 amide bonds. The van der Waals surface area contributed by atoms with Crippen LogP contribution in [0, 0.1) is 0 Å². The fraction of sp³-hybridized carbons (Fsp3) is 0.300. The third-order valence-corrected chi connectivity index (χ3v) is 7.35. The summed E-state index contributed by atoms with van der Waals surface area (Å²) in [5, 5.41) is -0.201. The van der Waals surface area contributed by atoms with Gasteiger partial charge in [0, 0.05) is 25.8 Å². The molecular weight excluding hydrogens is 467 g/mol. The number of rotatable bonds is 6. The summed E-state index contributed by atoms with van der Waals surface area (Å²) < 4.78 is 37.4. The number of morpholine rings is 1. The maximum absolute atomic E-state index is 12.9. The minimum absolute atomic E-state index is 0.0835. The molecule has 8 nitrogen and oxygen atoms in total. The highest BCUT2D eigenvalue weighted by Gasteiger charge is 2.30. The summed E-state index contributed by atoms with van der Waals surface area (Å²) in [6.45, 7) is 0.310. The molecule has 0 N–H and O–H groups in total. The average Bonchev–Trinajstić information content (AvgIpc) is 2.77. The molecule has 31 heavy (non-hydrogen) atoms. The lowest BCUT2D eigenvalue weighted by molar-refractivity contribution is -0.121. The first-order valence-corrected chi connectivity index (χ1v) is 11.5. The van der Waals surface area contributed by atoms with Gasteiger partial charge >= 0.3 is 5.97 Å². The number of hydrogen-bond acceptors (Lipinski definition) is 6. The molecule has 1 heterocycles. The van der Waals surface area contributed by atoms with Crippen molar-refractivity contribution in [3.8, 4) is 0 Å². The van der Waals surface area contributed by atoms with Gasteiger partial charge in [-0.1, -0.05) is 41.4 Å². The Balaban J connectivity index is 1.77. The van der Waals surface area contributed by atoms with E-state index < -0.39 is 28.5 Å². The maximum Gasteiger partial charge on any atom is 0.340 e. The Hall–Kier alpha value is -2.17. The van der Waals surface area contributed by atoms with E-state index in [1.54, 1.807) is 31.3 Å². The van der Waals surface area contributed by atoms with Gasteiger partial charge in [0.05, 0.1) is 28.8 Å². The molecule has 1 aliphatic heterocycles. The van der Waals surface area contributed by atoms with Gasteiger partial charge in [-0.15, -0.1) is 0 Å². The number of benzene rings is 2. The first-order valence-electron chi connectivity index (χ1n) is 9.27. The second kappa shape index (κ2) is 9.97. The van der Waals surface area contributed by atoms with Crippen LogP contribution in [0.5, 0.6) is 0 Å². The summed E-state index contributed by atoms with van der Waals surface area (Å²) >= 11 is 12.2. The second-order valence-corrected chi connectivity index (χ2v) is 9.36. The van der Waals surface area contributed by atoms with Crippen LogP contribution in [0.25, 0.3) is 0 Å². The van der Waals surface area contributed by atoms with E-state index in [0.29, 0.717) is 5.69 Å². The number of halogens is 2. The predicted molar refractivity (Wildman–Crippen MR) is 116 cm³/mol. The summed E-state index contributed by atoms with van der Waals surface area (Å²) in [6.07, 6.45) is 0. The van der Waals surface area contributed by atoms with Gasteiger partial charge in [-0.2, -0.15) is 4.31 Å². The second-order valence-electron chi connectivity index (χ2n) is 6.64. The van der Waals surface area contributed by atoms with Crippen molar-refractivity contribution in [2.24, 2.45) is 0 Å². The fourth-order valence-corrected chi connectivity index (χ4v) is 5.14. The Morgan fingerprint density at radius 1 is 1.10 bits per heavy atom. The van der Waals surface area contributed by atoms with Crippen molar-refractivity contribution in [2.75, 3.05) is 44.9 Å². The smallest absolute Gasteiger partial charge is 0.340 e. The highest BCUT2D eigenvalue weighted by molar-refractivity contribution is 7.89. The monoisotopic (exact) mass is 486 g/mol. The van der Waals surface area contributed by atoms with E-state index in [0.717, 1.165) is 6.07 Å². The molecule has 0 bridgehead atoms. The maximum atomic E-state index is 12.9. The SMILES string of the molecule is CN(C(=O)COC(=O)c1cc(S(=O)(=O)N2CCOCC2)c(Cl)cc1Cl)c1ccccc1. The number of hydrogen-bond donors (Lipinski definition) is 0. The Morgan fingerprint density at radius 2 is 1.74 bits per heavy atom. The number of carbonyl (C=O) groups excluding carboxylic acids is 2. The number of nitrogens with zero attached hydrogens (tertiary/aromatic N) is 2. The zero-order valence-corrected chi connectivity index (χ0v) is 18.9. The molecule has 0 unspecified atom stereocenters. The molecule has 0 spiro atoms. The number of ether oxygens (including phenoxy) is 2. The number of likely N-dealkylation sites (N-methyl/N-ethyl adjacent to an activating group) is 1. The van der Waals surface area contributed by atoms with Crippen LogP contribution in [0.15, 0.2) is 47.4 Å². The molecule has 11 heteroatoms. The van der Waals surface area contributed by atoms with Crippen LogP contribution in [0.3, 0.4) is 0 Å². The van der Waals surface area contributed by atoms with E-state index in [4.69, 9.17) is 32.7 Å². The van der Waals surface area contributed by atoms with E-state index in [-0.39, 0.29) is 46.8 Å². The van der Waals surface area contributed by atoms with Gasteiger partial charge in [0.25, 0.3) is 5.91 Å². The Labute approximate surface area is 190 Å². The molecule has 0 aliphatic carbocycles. The number of esters is 1. The third-order valence-electron chi connectivity index (χ3n) is 4.67. The Kier molecular flexibility index (Phi) is 7.55. The van der Waals surface area contributed by atoms with Crippen molar-refractivity contribution in [1.82, 2.24) is 4.31 Å². The largest absolute Gasteiger partial charge is 0.452 e. The van der Waals surface area contributed by atoms with Crippen LogP contribution >= 0.6 is 23.2 Å². The molecule has 2 aromatic rings. The molecule has 3 rings (SSSR count). The molecule has 0 atom stereocenters. The Morgan fingerprint density at radius 3 is 2.39 bits per heavy atom. The topological polar surface area (TPSA) is 93.2 Å². The Bertz CT molecular complexity index is 1070. The van der Waals surface area contributed by atoms with Crippen molar-refractivity contribution in [3.63, 3.8) is 0 Å². The molecule has 0 aromatic heterocycles. The number of anilines is 1. The van der Waals surface area contributed by atoms with Gasteiger partial charge in [-0.3, -0.25) is 4.79 Å². The van der Waals surface area contributed by atoms with Crippen molar-refractivity contribution in [1.29, 1.82) is 0 Å². The van der Waals surface area contributed by atoms with E-state index in [1.807, 2.05) is 6.07 Å².